The largest absolute Gasteiger partial charge is 0.361 e. The maximum atomic E-state index is 13.3. The zero-order valence-electron chi connectivity index (χ0n) is 15.0. The predicted molar refractivity (Wildman–Crippen MR) is 100 cm³/mol. The highest BCUT2D eigenvalue weighted by Gasteiger charge is 2.44. The summed E-state index contributed by atoms with van der Waals surface area (Å²) in [5.41, 5.74) is 4.25. The lowest BCUT2D eigenvalue weighted by Crippen LogP contribution is -2.48. The van der Waals surface area contributed by atoms with Gasteiger partial charge in [-0.05, 0) is 56.4 Å². The number of aromatic nitrogens is 3. The summed E-state index contributed by atoms with van der Waals surface area (Å²) in [6.07, 6.45) is 8.09. The molecule has 0 bridgehead atoms. The van der Waals surface area contributed by atoms with Gasteiger partial charge >= 0.3 is 0 Å². The Kier molecular flexibility index (Phi) is 3.39. The Morgan fingerprint density at radius 3 is 3.12 bits per heavy atom. The molecule has 0 saturated carbocycles. The molecule has 3 heterocycles. The first kappa shape index (κ1) is 15.6. The molecule has 0 radical (unpaired) electrons. The van der Waals surface area contributed by atoms with Gasteiger partial charge in [0.2, 0.25) is 0 Å². The minimum absolute atomic E-state index is 0.00296. The molecule has 2 aliphatic rings. The second-order valence-corrected chi connectivity index (χ2v) is 7.65. The van der Waals surface area contributed by atoms with Gasteiger partial charge in [-0.1, -0.05) is 6.07 Å². The highest BCUT2D eigenvalue weighted by Crippen LogP contribution is 2.44. The molecule has 1 atom stereocenters. The number of aromatic amines is 1. The normalized spacial score (nSPS) is 22.1. The quantitative estimate of drug-likeness (QED) is 0.735. The van der Waals surface area contributed by atoms with Gasteiger partial charge in [0.1, 0.15) is 5.82 Å². The smallest absolute Gasteiger partial charge is 0.254 e. The van der Waals surface area contributed by atoms with Crippen LogP contribution in [0.5, 0.6) is 0 Å². The molecule has 132 valence electrons. The Hall–Kier alpha value is -2.69. The van der Waals surface area contributed by atoms with Crippen molar-refractivity contribution in [3.8, 4) is 0 Å². The second kappa shape index (κ2) is 5.66. The summed E-state index contributed by atoms with van der Waals surface area (Å²) in [7, 11) is 0. The molecule has 1 spiro atoms. The number of likely N-dealkylation sites (tertiary alicyclic amines) is 1. The van der Waals surface area contributed by atoms with Crippen molar-refractivity contribution in [3.05, 3.63) is 59.3 Å². The molecular weight excluding hydrogens is 324 g/mol. The summed E-state index contributed by atoms with van der Waals surface area (Å²) in [5, 5.41) is 1.00. The van der Waals surface area contributed by atoms with E-state index in [1.807, 2.05) is 48.5 Å². The molecule has 5 nitrogen and oxygen atoms in total. The number of rotatable bonds is 1. The van der Waals surface area contributed by atoms with E-state index in [2.05, 4.69) is 9.97 Å². The lowest BCUT2D eigenvalue weighted by Gasteiger charge is -2.40. The first-order valence-corrected chi connectivity index (χ1v) is 9.35. The van der Waals surface area contributed by atoms with E-state index in [9.17, 15) is 4.79 Å². The van der Waals surface area contributed by atoms with Gasteiger partial charge in [-0.15, -0.1) is 0 Å². The van der Waals surface area contributed by atoms with Gasteiger partial charge in [0.25, 0.3) is 5.91 Å². The summed E-state index contributed by atoms with van der Waals surface area (Å²) in [6, 6.07) is 7.89. The molecule has 1 saturated heterocycles. The van der Waals surface area contributed by atoms with Crippen molar-refractivity contribution >= 4 is 16.8 Å². The van der Waals surface area contributed by atoms with Crippen molar-refractivity contribution in [1.82, 2.24) is 19.9 Å². The summed E-state index contributed by atoms with van der Waals surface area (Å²) in [4.78, 5) is 27.7. The molecule has 1 unspecified atom stereocenters. The number of amides is 1. The van der Waals surface area contributed by atoms with E-state index in [0.717, 1.165) is 61.1 Å². The highest BCUT2D eigenvalue weighted by molar-refractivity contribution is 6.06. The first-order chi connectivity index (χ1) is 12.7. The van der Waals surface area contributed by atoms with Crippen LogP contribution in [0.15, 0.2) is 36.7 Å². The number of hydrogen-bond donors (Lipinski definition) is 1. The van der Waals surface area contributed by atoms with Crippen molar-refractivity contribution in [2.45, 2.75) is 38.0 Å². The number of aryl methyl sites for hydroxylation is 2. The number of carbonyl (C=O) groups excluding carboxylic acids is 1. The molecule has 1 amide bonds. The zero-order chi connectivity index (χ0) is 17.7. The van der Waals surface area contributed by atoms with Crippen molar-refractivity contribution in [3.63, 3.8) is 0 Å². The van der Waals surface area contributed by atoms with Crippen LogP contribution in [0.2, 0.25) is 0 Å². The minimum Gasteiger partial charge on any atom is -0.361 e. The van der Waals surface area contributed by atoms with Crippen LogP contribution in [0.3, 0.4) is 0 Å². The van der Waals surface area contributed by atoms with E-state index in [0.29, 0.717) is 0 Å². The van der Waals surface area contributed by atoms with Crippen LogP contribution in [0.25, 0.3) is 10.9 Å². The Morgan fingerprint density at radius 2 is 2.19 bits per heavy atom. The Labute approximate surface area is 152 Å². The van der Waals surface area contributed by atoms with Crippen LogP contribution < -0.4 is 0 Å². The third-order valence-electron chi connectivity index (χ3n) is 6.05. The molecule has 1 aliphatic carbocycles. The number of piperidine rings is 1. The number of nitrogens with one attached hydrogen (secondary N) is 1. The van der Waals surface area contributed by atoms with E-state index in [1.165, 1.54) is 11.3 Å². The van der Waals surface area contributed by atoms with E-state index >= 15 is 0 Å². The molecule has 1 aromatic carbocycles. The van der Waals surface area contributed by atoms with Crippen LogP contribution in [0.4, 0.5) is 0 Å². The summed E-state index contributed by atoms with van der Waals surface area (Å²) >= 11 is 0. The SMILES string of the molecule is Cc1ncc2c(n1)C1(CCCN(C(=O)c3cccc4[nH]ccc34)C1)CC2. The van der Waals surface area contributed by atoms with Gasteiger partial charge < -0.3 is 9.88 Å². The summed E-state index contributed by atoms with van der Waals surface area (Å²) < 4.78 is 0. The minimum atomic E-state index is 0.00296. The number of hydrogen-bond acceptors (Lipinski definition) is 3. The number of H-pyrrole nitrogens is 1. The Morgan fingerprint density at radius 1 is 1.27 bits per heavy atom. The highest BCUT2D eigenvalue weighted by atomic mass is 16.2. The average Bonchev–Trinajstić information content (AvgIpc) is 3.27. The fourth-order valence-electron chi connectivity index (χ4n) is 4.77. The molecule has 3 aromatic rings. The van der Waals surface area contributed by atoms with Gasteiger partial charge in [0.15, 0.2) is 0 Å². The maximum Gasteiger partial charge on any atom is 0.254 e. The van der Waals surface area contributed by atoms with Crippen LogP contribution >= 0.6 is 0 Å². The molecule has 5 heteroatoms. The molecule has 2 aromatic heterocycles. The van der Waals surface area contributed by atoms with Gasteiger partial charge in [-0.25, -0.2) is 9.97 Å². The van der Waals surface area contributed by atoms with Gasteiger partial charge in [-0.3, -0.25) is 4.79 Å². The lowest BCUT2D eigenvalue weighted by atomic mass is 9.77. The third kappa shape index (κ3) is 2.26. The van der Waals surface area contributed by atoms with Crippen molar-refractivity contribution < 1.29 is 4.79 Å². The molecule has 1 aliphatic heterocycles. The molecule has 5 rings (SSSR count). The van der Waals surface area contributed by atoms with Crippen molar-refractivity contribution in [2.75, 3.05) is 13.1 Å². The number of nitrogens with zero attached hydrogens (tertiary/aromatic N) is 3. The van der Waals surface area contributed by atoms with Crippen LogP contribution in [0, 0.1) is 6.92 Å². The Bertz CT molecular complexity index is 1000. The van der Waals surface area contributed by atoms with E-state index in [4.69, 9.17) is 4.98 Å². The van der Waals surface area contributed by atoms with Gasteiger partial charge in [0, 0.05) is 47.4 Å². The lowest BCUT2D eigenvalue weighted by molar-refractivity contribution is 0.0635. The molecular formula is C21H22N4O. The first-order valence-electron chi connectivity index (χ1n) is 9.35. The van der Waals surface area contributed by atoms with E-state index in [1.54, 1.807) is 0 Å². The number of fused-ring (bicyclic) bond motifs is 3. The second-order valence-electron chi connectivity index (χ2n) is 7.65. The van der Waals surface area contributed by atoms with Gasteiger partial charge in [0.05, 0.1) is 5.69 Å². The Balaban J connectivity index is 1.50. The topological polar surface area (TPSA) is 61.9 Å². The average molecular weight is 346 g/mol. The fraction of sp³-hybridized carbons (Fsp3) is 0.381. The van der Waals surface area contributed by atoms with Gasteiger partial charge in [-0.2, -0.15) is 0 Å². The standard InChI is InChI=1S/C21H22N4O/c1-14-23-12-15-6-9-21(19(15)24-14)8-3-11-25(13-21)20(26)17-4-2-5-18-16(17)7-10-22-18/h2,4-5,7,10,12,22H,3,6,8-9,11,13H2,1H3. The number of carbonyl (C=O) groups is 1. The molecule has 26 heavy (non-hydrogen) atoms. The zero-order valence-corrected chi connectivity index (χ0v) is 15.0. The van der Waals surface area contributed by atoms with E-state index in [-0.39, 0.29) is 11.3 Å². The fourth-order valence-corrected chi connectivity index (χ4v) is 4.77. The molecule has 1 N–H and O–H groups in total. The third-order valence-corrected chi connectivity index (χ3v) is 6.05. The maximum absolute atomic E-state index is 13.3. The van der Waals surface area contributed by atoms with Crippen LogP contribution in [0.1, 0.15) is 46.7 Å². The summed E-state index contributed by atoms with van der Waals surface area (Å²) in [6.45, 7) is 3.53. The van der Waals surface area contributed by atoms with Crippen molar-refractivity contribution in [2.24, 2.45) is 0 Å². The number of benzene rings is 1. The van der Waals surface area contributed by atoms with Crippen LogP contribution in [-0.4, -0.2) is 38.8 Å². The monoisotopic (exact) mass is 346 g/mol. The van der Waals surface area contributed by atoms with Crippen LogP contribution in [-0.2, 0) is 11.8 Å². The molecule has 1 fully saturated rings. The summed E-state index contributed by atoms with van der Waals surface area (Å²) in [5.74, 6) is 0.957. The van der Waals surface area contributed by atoms with Crippen molar-refractivity contribution in [1.29, 1.82) is 0 Å². The predicted octanol–water partition coefficient (Wildman–Crippen LogP) is 3.39. The van der Waals surface area contributed by atoms with E-state index < -0.39 is 0 Å².